The van der Waals surface area contributed by atoms with Crippen molar-refractivity contribution >= 4 is 29.3 Å². The molecule has 1 aliphatic heterocycles. The van der Waals surface area contributed by atoms with Crippen molar-refractivity contribution in [3.05, 3.63) is 47.2 Å². The van der Waals surface area contributed by atoms with Crippen LogP contribution >= 0.6 is 0 Å². The van der Waals surface area contributed by atoms with Gasteiger partial charge in [-0.1, -0.05) is 0 Å². The van der Waals surface area contributed by atoms with Crippen molar-refractivity contribution in [2.45, 2.75) is 71.0 Å². The summed E-state index contributed by atoms with van der Waals surface area (Å²) in [7, 11) is 0. The number of likely N-dealkylation sites (tertiary alicyclic amines) is 1. The predicted molar refractivity (Wildman–Crippen MR) is 142 cm³/mol. The Morgan fingerprint density at radius 3 is 2.62 bits per heavy atom. The molecule has 2 fully saturated rings. The number of rotatable bonds is 5. The van der Waals surface area contributed by atoms with Crippen molar-refractivity contribution < 1.29 is 24.2 Å². The number of nitriles is 1. The summed E-state index contributed by atoms with van der Waals surface area (Å²) in [6, 6.07) is 8.94. The van der Waals surface area contributed by atoms with E-state index >= 15 is 0 Å². The number of nitrogens with zero attached hydrogens (tertiary/aromatic N) is 6. The number of hydrogen-bond acceptors (Lipinski definition) is 7. The molecule has 1 aliphatic carbocycles. The number of ether oxygens (including phenoxy) is 2. The Morgan fingerprint density at radius 2 is 1.95 bits per heavy atom. The Labute approximate surface area is 226 Å². The summed E-state index contributed by atoms with van der Waals surface area (Å²) < 4.78 is 13.7. The number of fused-ring (bicyclic) bond motifs is 1. The third-order valence-electron chi connectivity index (χ3n) is 6.66. The van der Waals surface area contributed by atoms with Crippen LogP contribution in [0.25, 0.3) is 5.65 Å². The van der Waals surface area contributed by atoms with Gasteiger partial charge in [0.2, 0.25) is 5.88 Å². The summed E-state index contributed by atoms with van der Waals surface area (Å²) in [6.45, 7) is 7.89. The van der Waals surface area contributed by atoms with Crippen molar-refractivity contribution in [3.63, 3.8) is 0 Å². The van der Waals surface area contributed by atoms with Gasteiger partial charge in [0.25, 0.3) is 0 Å². The highest BCUT2D eigenvalue weighted by Crippen LogP contribution is 2.43. The van der Waals surface area contributed by atoms with Crippen molar-refractivity contribution in [1.82, 2.24) is 19.5 Å². The van der Waals surface area contributed by atoms with Gasteiger partial charge < -0.3 is 19.5 Å². The molecule has 2 amide bonds. The number of amides is 2. The monoisotopic (exact) mass is 532 g/mol. The molecule has 0 spiro atoms. The van der Waals surface area contributed by atoms with Crippen molar-refractivity contribution in [1.29, 1.82) is 5.26 Å². The second kappa shape index (κ2) is 10.1. The van der Waals surface area contributed by atoms with E-state index in [9.17, 15) is 20.0 Å². The van der Waals surface area contributed by atoms with E-state index in [-0.39, 0.29) is 18.5 Å². The van der Waals surface area contributed by atoms with Gasteiger partial charge >= 0.3 is 12.2 Å². The van der Waals surface area contributed by atoms with Crippen LogP contribution in [0.3, 0.4) is 0 Å². The number of carbonyl (C=O) groups excluding carboxylic acids is 1. The van der Waals surface area contributed by atoms with Crippen LogP contribution in [0.1, 0.15) is 69.1 Å². The van der Waals surface area contributed by atoms with E-state index in [0.717, 1.165) is 24.0 Å². The van der Waals surface area contributed by atoms with Crippen LogP contribution in [-0.2, 0) is 4.74 Å². The molecular weight excluding hydrogens is 500 g/mol. The summed E-state index contributed by atoms with van der Waals surface area (Å²) >= 11 is 0. The minimum atomic E-state index is -0.983. The molecule has 2 aliphatic rings. The summed E-state index contributed by atoms with van der Waals surface area (Å²) in [4.78, 5) is 32.8. The standard InChI is InChI=1S/C28H32N6O5/c1-17-10-18(14-29)12-20(11-17)33(27(37)39-28(2,3)4)24-13-23(38-21-6-5-9-32(16-21)26(35)36)31-25-22(19-7-8-19)15-30-34(24)25/h10-13,15,19,21H,5-9,16H2,1-4H3,(H,35,36)/t21-/m0/s1. The van der Waals surface area contributed by atoms with Gasteiger partial charge in [0.05, 0.1) is 30.1 Å². The van der Waals surface area contributed by atoms with Crippen LogP contribution in [0.4, 0.5) is 21.1 Å². The minimum absolute atomic E-state index is 0.228. The first-order valence-corrected chi connectivity index (χ1v) is 13.1. The first kappa shape index (κ1) is 26.3. The fourth-order valence-corrected chi connectivity index (χ4v) is 4.82. The maximum absolute atomic E-state index is 13.7. The van der Waals surface area contributed by atoms with Gasteiger partial charge in [-0.25, -0.2) is 14.5 Å². The number of hydrogen-bond donors (Lipinski definition) is 1. The van der Waals surface area contributed by atoms with Gasteiger partial charge in [0.15, 0.2) is 11.5 Å². The third-order valence-corrected chi connectivity index (χ3v) is 6.66. The maximum atomic E-state index is 13.7. The molecule has 39 heavy (non-hydrogen) atoms. The first-order valence-electron chi connectivity index (χ1n) is 13.1. The molecule has 204 valence electrons. The van der Waals surface area contributed by atoms with Gasteiger partial charge in [-0.05, 0) is 83.1 Å². The normalized spacial score (nSPS) is 17.5. The number of carboxylic acid groups (broad SMARTS) is 1. The zero-order valence-corrected chi connectivity index (χ0v) is 22.5. The average molecular weight is 533 g/mol. The van der Waals surface area contributed by atoms with Crippen LogP contribution in [0.15, 0.2) is 30.5 Å². The van der Waals surface area contributed by atoms with E-state index in [1.165, 1.54) is 9.80 Å². The zero-order valence-electron chi connectivity index (χ0n) is 22.5. The Kier molecular flexibility index (Phi) is 6.80. The van der Waals surface area contributed by atoms with E-state index < -0.39 is 17.8 Å². The van der Waals surface area contributed by atoms with Crippen LogP contribution in [0.5, 0.6) is 5.88 Å². The number of benzene rings is 1. The van der Waals surface area contributed by atoms with E-state index in [2.05, 4.69) is 11.2 Å². The molecule has 1 atom stereocenters. The number of aromatic nitrogens is 3. The molecule has 5 rings (SSSR count). The topological polar surface area (TPSA) is 133 Å². The molecule has 1 N–H and O–H groups in total. The second-order valence-electron chi connectivity index (χ2n) is 11.2. The van der Waals surface area contributed by atoms with Crippen LogP contribution in [-0.4, -0.2) is 61.6 Å². The van der Waals surface area contributed by atoms with Gasteiger partial charge in [0.1, 0.15) is 11.7 Å². The lowest BCUT2D eigenvalue weighted by Crippen LogP contribution is -2.43. The molecule has 1 aromatic carbocycles. The number of carbonyl (C=O) groups is 2. The predicted octanol–water partition coefficient (Wildman–Crippen LogP) is 5.38. The van der Waals surface area contributed by atoms with Gasteiger partial charge in [-0.15, -0.1) is 0 Å². The minimum Gasteiger partial charge on any atom is -0.472 e. The second-order valence-corrected chi connectivity index (χ2v) is 11.2. The Bertz CT molecular complexity index is 1470. The van der Waals surface area contributed by atoms with E-state index in [4.69, 9.17) is 14.5 Å². The Hall–Kier alpha value is -4.33. The molecule has 1 saturated carbocycles. The van der Waals surface area contributed by atoms with Crippen molar-refractivity contribution in [2.24, 2.45) is 0 Å². The number of aryl methyl sites for hydroxylation is 1. The van der Waals surface area contributed by atoms with E-state index in [1.54, 1.807) is 55.7 Å². The average Bonchev–Trinajstić information content (AvgIpc) is 3.61. The number of anilines is 2. The molecule has 0 radical (unpaired) electrons. The molecule has 2 aromatic heterocycles. The molecule has 3 heterocycles. The summed E-state index contributed by atoms with van der Waals surface area (Å²) in [5.74, 6) is 0.935. The fourth-order valence-electron chi connectivity index (χ4n) is 4.82. The van der Waals surface area contributed by atoms with Crippen LogP contribution < -0.4 is 9.64 Å². The molecule has 11 heteroatoms. The van der Waals surface area contributed by atoms with Gasteiger partial charge in [-0.3, -0.25) is 0 Å². The first-order chi connectivity index (χ1) is 18.5. The smallest absolute Gasteiger partial charge is 0.420 e. The summed E-state index contributed by atoms with van der Waals surface area (Å²) in [6.07, 6.45) is 3.17. The van der Waals surface area contributed by atoms with Gasteiger partial charge in [-0.2, -0.15) is 19.9 Å². The van der Waals surface area contributed by atoms with Gasteiger partial charge in [0, 0.05) is 18.2 Å². The molecule has 0 unspecified atom stereocenters. The zero-order chi connectivity index (χ0) is 27.9. The molecular formula is C28H32N6O5. The quantitative estimate of drug-likeness (QED) is 0.463. The molecule has 1 saturated heterocycles. The molecule has 3 aromatic rings. The van der Waals surface area contributed by atoms with E-state index in [1.807, 2.05) is 6.92 Å². The molecule has 11 nitrogen and oxygen atoms in total. The largest absolute Gasteiger partial charge is 0.472 e. The Morgan fingerprint density at radius 1 is 1.18 bits per heavy atom. The maximum Gasteiger partial charge on any atom is 0.420 e. The third kappa shape index (κ3) is 5.74. The molecule has 0 bridgehead atoms. The summed E-state index contributed by atoms with van der Waals surface area (Å²) in [5, 5.41) is 23.7. The van der Waals surface area contributed by atoms with Crippen molar-refractivity contribution in [2.75, 3.05) is 18.0 Å². The highest BCUT2D eigenvalue weighted by molar-refractivity contribution is 5.96. The highest BCUT2D eigenvalue weighted by Gasteiger charge is 2.33. The lowest BCUT2D eigenvalue weighted by molar-refractivity contribution is 0.0596. The lowest BCUT2D eigenvalue weighted by Gasteiger charge is -2.31. The van der Waals surface area contributed by atoms with Crippen LogP contribution in [0.2, 0.25) is 0 Å². The van der Waals surface area contributed by atoms with Crippen molar-refractivity contribution in [3.8, 4) is 11.9 Å². The lowest BCUT2D eigenvalue weighted by atomic mass is 10.1. The summed E-state index contributed by atoms with van der Waals surface area (Å²) in [5.41, 5.74) is 2.39. The van der Waals surface area contributed by atoms with Crippen LogP contribution in [0, 0.1) is 18.3 Å². The highest BCUT2D eigenvalue weighted by atomic mass is 16.6. The fraction of sp³-hybridized carbons (Fsp3) is 0.464. The SMILES string of the molecule is Cc1cc(C#N)cc(N(C(=O)OC(C)(C)C)c2cc(O[C@H]3CCCN(C(=O)O)C3)nc3c(C4CC4)cnn23)c1. The number of piperidine rings is 1. The van der Waals surface area contributed by atoms with E-state index in [0.29, 0.717) is 48.0 Å². The Balaban J connectivity index is 1.64.